The second-order valence-electron chi connectivity index (χ2n) is 9.57. The van der Waals surface area contributed by atoms with Gasteiger partial charge in [0.2, 0.25) is 23.6 Å². The molecule has 0 radical (unpaired) electrons. The number of fused-ring (bicyclic) bond motifs is 1. The highest BCUT2D eigenvalue weighted by atomic mass is 32.1. The van der Waals surface area contributed by atoms with Gasteiger partial charge in [-0.1, -0.05) is 0 Å². The molecule has 1 aliphatic rings. The molecule has 3 aromatic rings. The van der Waals surface area contributed by atoms with Gasteiger partial charge in [-0.3, -0.25) is 24.0 Å². The van der Waals surface area contributed by atoms with Crippen molar-refractivity contribution in [2.24, 2.45) is 0 Å². The van der Waals surface area contributed by atoms with Crippen LogP contribution in [0.25, 0.3) is 22.2 Å². The van der Waals surface area contributed by atoms with Crippen LogP contribution in [0.4, 0.5) is 0 Å². The molecule has 240 valence electrons. The normalized spacial score (nSPS) is 21.0. The van der Waals surface area contributed by atoms with Crippen molar-refractivity contribution >= 4 is 52.2 Å². The number of carbonyl (C=O) groups excluding carboxylic acids is 5. The minimum Gasteiger partial charge on any atom is -0.463 e. The zero-order valence-corrected chi connectivity index (χ0v) is 25.6. The highest BCUT2D eigenvalue weighted by molar-refractivity contribution is 7.07. The Labute approximate surface area is 259 Å². The molecule has 0 N–H and O–H groups in total. The Kier molecular flexibility index (Phi) is 10.5. The van der Waals surface area contributed by atoms with Gasteiger partial charge in [-0.15, -0.1) is 11.3 Å². The number of thiazole rings is 1. The first-order valence-corrected chi connectivity index (χ1v) is 14.5. The van der Waals surface area contributed by atoms with Crippen molar-refractivity contribution in [1.29, 1.82) is 0 Å². The maximum absolute atomic E-state index is 13.5. The summed E-state index contributed by atoms with van der Waals surface area (Å²) in [5.41, 5.74) is 1.04. The number of rotatable bonds is 10. The molecule has 2 aromatic heterocycles. The number of esters is 5. The topological polar surface area (TPSA) is 193 Å². The van der Waals surface area contributed by atoms with E-state index in [2.05, 4.69) is 4.98 Å². The van der Waals surface area contributed by atoms with Gasteiger partial charge in [0.25, 0.3) is 0 Å². The van der Waals surface area contributed by atoms with Crippen molar-refractivity contribution in [1.82, 2.24) is 4.98 Å². The van der Waals surface area contributed by atoms with Crippen LogP contribution in [0.15, 0.2) is 38.3 Å². The lowest BCUT2D eigenvalue weighted by molar-refractivity contribution is -0.288. The summed E-state index contributed by atoms with van der Waals surface area (Å²) in [6, 6.07) is 4.06. The molecule has 0 unspecified atom stereocenters. The summed E-state index contributed by atoms with van der Waals surface area (Å²) in [5.74, 6) is -4.34. The van der Waals surface area contributed by atoms with Crippen molar-refractivity contribution in [3.05, 3.63) is 45.1 Å². The van der Waals surface area contributed by atoms with Gasteiger partial charge >= 0.3 is 29.8 Å². The lowest BCUT2D eigenvalue weighted by Crippen LogP contribution is -2.63. The first kappa shape index (κ1) is 33.1. The number of ether oxygens (including phenoxy) is 7. The third-order valence-corrected chi connectivity index (χ3v) is 6.80. The van der Waals surface area contributed by atoms with E-state index < -0.39 is 72.6 Å². The molecule has 0 bridgehead atoms. The van der Waals surface area contributed by atoms with E-state index in [1.54, 1.807) is 12.3 Å². The van der Waals surface area contributed by atoms with Crippen LogP contribution < -0.4 is 10.2 Å². The standard InChI is InChI=1S/C29H29NO14S/c1-6-37-28(36)25-22(19-11-45-12-30-19)23(35)18-8-7-17(9-20(18)43-25)42-29-27(41-16(5)34)26(40-15(4)33)24(39-14(3)32)21(44-29)10-38-13(2)31/h7-9,11-12,21,24,26-27,29H,6,10H2,1-5H3/t21-,24-,26+,27-,29-/m0/s1. The molecule has 16 heteroatoms. The first-order valence-electron chi connectivity index (χ1n) is 13.5. The van der Waals surface area contributed by atoms with Gasteiger partial charge in [-0.05, 0) is 19.1 Å². The Balaban J connectivity index is 1.78. The highest BCUT2D eigenvalue weighted by Gasteiger charge is 2.53. The minimum absolute atomic E-state index is 0.00256. The van der Waals surface area contributed by atoms with Gasteiger partial charge in [-0.2, -0.15) is 0 Å². The average molecular weight is 648 g/mol. The van der Waals surface area contributed by atoms with Crippen LogP contribution >= 0.6 is 11.3 Å². The number of nitrogens with zero attached hydrogens (tertiary/aromatic N) is 1. The first-order chi connectivity index (χ1) is 21.4. The van der Waals surface area contributed by atoms with Crippen LogP contribution in [-0.4, -0.2) is 78.8 Å². The van der Waals surface area contributed by atoms with E-state index in [0.717, 1.165) is 27.7 Å². The average Bonchev–Trinajstić information content (AvgIpc) is 3.49. The summed E-state index contributed by atoms with van der Waals surface area (Å²) in [7, 11) is 0. The van der Waals surface area contributed by atoms with Crippen molar-refractivity contribution < 1.29 is 61.5 Å². The lowest BCUT2D eigenvalue weighted by Gasteiger charge is -2.43. The second kappa shape index (κ2) is 14.3. The van der Waals surface area contributed by atoms with Crippen LogP contribution in [0.5, 0.6) is 5.75 Å². The molecule has 3 heterocycles. The van der Waals surface area contributed by atoms with E-state index in [0.29, 0.717) is 0 Å². The highest BCUT2D eigenvalue weighted by Crippen LogP contribution is 2.33. The Morgan fingerprint density at radius 3 is 2.16 bits per heavy atom. The summed E-state index contributed by atoms with van der Waals surface area (Å²) < 4.78 is 44.2. The Bertz CT molecular complexity index is 1650. The molecular formula is C29H29NO14S. The van der Waals surface area contributed by atoms with Gasteiger partial charge < -0.3 is 37.6 Å². The predicted octanol–water partition coefficient (Wildman–Crippen LogP) is 2.56. The van der Waals surface area contributed by atoms with Gasteiger partial charge in [0.15, 0.2) is 12.2 Å². The molecule has 0 saturated carbocycles. The maximum atomic E-state index is 13.5. The monoisotopic (exact) mass is 647 g/mol. The van der Waals surface area contributed by atoms with Crippen LogP contribution in [0.3, 0.4) is 0 Å². The molecule has 1 aromatic carbocycles. The van der Waals surface area contributed by atoms with Gasteiger partial charge in [0, 0.05) is 39.1 Å². The molecule has 4 rings (SSSR count). The third-order valence-electron chi connectivity index (χ3n) is 6.21. The second-order valence-corrected chi connectivity index (χ2v) is 10.3. The smallest absolute Gasteiger partial charge is 0.375 e. The van der Waals surface area contributed by atoms with Gasteiger partial charge in [-0.25, -0.2) is 9.78 Å². The molecule has 1 fully saturated rings. The van der Waals surface area contributed by atoms with Crippen LogP contribution in [0.1, 0.15) is 45.2 Å². The molecule has 15 nitrogen and oxygen atoms in total. The summed E-state index contributed by atoms with van der Waals surface area (Å²) in [6.07, 6.45) is -7.10. The number of benzene rings is 1. The Morgan fingerprint density at radius 2 is 1.56 bits per heavy atom. The molecule has 45 heavy (non-hydrogen) atoms. The third kappa shape index (κ3) is 7.82. The van der Waals surface area contributed by atoms with Gasteiger partial charge in [0.05, 0.1) is 28.8 Å². The quantitative estimate of drug-likeness (QED) is 0.230. The van der Waals surface area contributed by atoms with Crippen LogP contribution in [-0.2, 0) is 47.6 Å². The summed E-state index contributed by atoms with van der Waals surface area (Å²) >= 11 is 1.22. The molecule has 5 atom stereocenters. The number of hydrogen-bond donors (Lipinski definition) is 0. The predicted molar refractivity (Wildman–Crippen MR) is 152 cm³/mol. The van der Waals surface area contributed by atoms with E-state index in [1.807, 2.05) is 0 Å². The SMILES string of the molecule is CCOC(=O)c1oc2cc(O[C@H]3O[C@@H](COC(C)=O)[C@H](OC(C)=O)[C@@H](OC(C)=O)[C@@H]3OC(C)=O)ccc2c(=O)c1-c1cscn1. The molecule has 0 amide bonds. The van der Waals surface area contributed by atoms with Crippen molar-refractivity contribution in [2.75, 3.05) is 13.2 Å². The molecular weight excluding hydrogens is 618 g/mol. The Hall–Kier alpha value is -4.83. The van der Waals surface area contributed by atoms with Crippen LogP contribution in [0, 0.1) is 0 Å². The molecule has 1 saturated heterocycles. The number of hydrogen-bond acceptors (Lipinski definition) is 16. The number of carbonyl (C=O) groups is 5. The number of aromatic nitrogens is 1. The van der Waals surface area contributed by atoms with E-state index in [4.69, 9.17) is 37.6 Å². The fourth-order valence-corrected chi connectivity index (χ4v) is 5.12. The van der Waals surface area contributed by atoms with Crippen molar-refractivity contribution in [3.8, 4) is 17.0 Å². The lowest BCUT2D eigenvalue weighted by atomic mass is 9.98. The van der Waals surface area contributed by atoms with E-state index >= 15 is 0 Å². The zero-order chi connectivity index (χ0) is 32.8. The minimum atomic E-state index is -1.53. The van der Waals surface area contributed by atoms with E-state index in [-0.39, 0.29) is 40.3 Å². The van der Waals surface area contributed by atoms with Crippen molar-refractivity contribution in [2.45, 2.75) is 65.3 Å². The fraction of sp³-hybridized carbons (Fsp3) is 0.414. The summed E-state index contributed by atoms with van der Waals surface area (Å²) in [4.78, 5) is 78.2. The molecule has 1 aliphatic heterocycles. The van der Waals surface area contributed by atoms with Gasteiger partial charge in [0.1, 0.15) is 24.0 Å². The summed E-state index contributed by atoms with van der Waals surface area (Å²) in [6.45, 7) is 5.60. The van der Waals surface area contributed by atoms with E-state index in [9.17, 15) is 28.8 Å². The summed E-state index contributed by atoms with van der Waals surface area (Å²) in [5, 5.41) is 1.67. The fourth-order valence-electron chi connectivity index (χ4n) is 4.57. The molecule has 0 aliphatic carbocycles. The van der Waals surface area contributed by atoms with Crippen molar-refractivity contribution in [3.63, 3.8) is 0 Å². The zero-order valence-electron chi connectivity index (χ0n) is 24.8. The van der Waals surface area contributed by atoms with E-state index in [1.165, 1.54) is 35.0 Å². The largest absolute Gasteiger partial charge is 0.463 e. The van der Waals surface area contributed by atoms with Crippen LogP contribution in [0.2, 0.25) is 0 Å². The Morgan fingerprint density at radius 1 is 0.889 bits per heavy atom. The maximum Gasteiger partial charge on any atom is 0.375 e. The molecule has 0 spiro atoms.